The first-order valence-electron chi connectivity index (χ1n) is 19.2. The third-order valence-electron chi connectivity index (χ3n) is 11.3. The monoisotopic (exact) mass is 984 g/mol. The van der Waals surface area contributed by atoms with E-state index in [1.807, 2.05) is 24.3 Å². The SMILES string of the molecule is FC(F)(F)c1ccc(-c2cc3c4cc(-c5ccc(C(F)(F)F)cc5)sc4c4c(sc5c6sc(-c7ccc(C(F)(F)F)cc7)cc6c6cc(-c7ccc(C(F)(F)F)cc7)sc6c54)c3s2)cc1. The highest BCUT2D eigenvalue weighted by Gasteiger charge is 2.33. The average Bonchev–Trinajstić information content (AvgIpc) is 4.10. The minimum Gasteiger partial charge on any atom is -0.166 e. The molecule has 5 heterocycles. The van der Waals surface area contributed by atoms with Crippen LogP contribution in [-0.4, -0.2) is 0 Å². The maximum atomic E-state index is 13.6. The van der Waals surface area contributed by atoms with E-state index in [4.69, 9.17) is 0 Å². The van der Waals surface area contributed by atoms with E-state index in [1.54, 1.807) is 0 Å². The number of rotatable bonds is 4. The van der Waals surface area contributed by atoms with Gasteiger partial charge in [0.2, 0.25) is 0 Å². The van der Waals surface area contributed by atoms with Gasteiger partial charge in [-0.15, -0.1) is 56.7 Å². The predicted octanol–water partition coefficient (Wildman–Crippen LogP) is 19.7. The number of hydrogen-bond acceptors (Lipinski definition) is 5. The van der Waals surface area contributed by atoms with Gasteiger partial charge in [0.25, 0.3) is 0 Å². The van der Waals surface area contributed by atoms with Crippen LogP contribution < -0.4 is 0 Å². The lowest BCUT2D eigenvalue weighted by molar-refractivity contribution is -0.138. The molecule has 326 valence electrons. The normalized spacial score (nSPS) is 13.2. The molecule has 0 saturated carbocycles. The molecule has 0 N–H and O–H groups in total. The zero-order chi connectivity index (χ0) is 45.5. The van der Waals surface area contributed by atoms with Crippen molar-refractivity contribution in [3.63, 3.8) is 0 Å². The van der Waals surface area contributed by atoms with Gasteiger partial charge in [-0.25, -0.2) is 0 Å². The van der Waals surface area contributed by atoms with Gasteiger partial charge in [-0.3, -0.25) is 0 Å². The molecule has 0 aliphatic carbocycles. The van der Waals surface area contributed by atoms with Crippen LogP contribution in [0.3, 0.4) is 0 Å². The number of benzene rings is 6. The zero-order valence-electron chi connectivity index (χ0n) is 32.1. The van der Waals surface area contributed by atoms with Crippen LogP contribution in [0.1, 0.15) is 22.3 Å². The lowest BCUT2D eigenvalue weighted by atomic mass is 10.0. The van der Waals surface area contributed by atoms with Crippen molar-refractivity contribution in [1.29, 1.82) is 0 Å². The first-order valence-corrected chi connectivity index (χ1v) is 23.2. The summed E-state index contributed by atoms with van der Waals surface area (Å²) in [6.45, 7) is 0. The molecule has 0 nitrogen and oxygen atoms in total. The molecule has 0 aliphatic rings. The highest BCUT2D eigenvalue weighted by atomic mass is 32.1. The molecular formula is C48H20F12S5. The van der Waals surface area contributed by atoms with Crippen molar-refractivity contribution < 1.29 is 52.7 Å². The van der Waals surface area contributed by atoms with E-state index < -0.39 is 47.0 Å². The molecule has 0 radical (unpaired) electrons. The molecule has 6 aromatic carbocycles. The Kier molecular flexibility index (Phi) is 9.42. The van der Waals surface area contributed by atoms with Gasteiger partial charge in [-0.2, -0.15) is 52.7 Å². The van der Waals surface area contributed by atoms with Crippen molar-refractivity contribution in [2.45, 2.75) is 24.7 Å². The van der Waals surface area contributed by atoms with Crippen LogP contribution in [0, 0.1) is 0 Å². The minimum atomic E-state index is -4.55. The quantitative estimate of drug-likeness (QED) is 0.154. The molecule has 0 aliphatic heterocycles. The van der Waals surface area contributed by atoms with Crippen LogP contribution >= 0.6 is 56.7 Å². The number of thiophene rings is 5. The number of halogens is 12. The van der Waals surface area contributed by atoms with Gasteiger partial charge in [0, 0.05) is 61.2 Å². The summed E-state index contributed by atoms with van der Waals surface area (Å²) in [6.07, 6.45) is -18.2. The van der Waals surface area contributed by atoms with Crippen LogP contribution in [0.2, 0.25) is 0 Å². The van der Waals surface area contributed by atoms with Crippen LogP contribution in [-0.2, 0) is 24.7 Å². The third kappa shape index (κ3) is 7.08. The summed E-state index contributed by atoms with van der Waals surface area (Å²) in [5.41, 5.74) is -1.07. The van der Waals surface area contributed by atoms with E-state index in [-0.39, 0.29) is 0 Å². The van der Waals surface area contributed by atoms with E-state index in [0.717, 1.165) is 109 Å². The molecular weight excluding hydrogens is 965 g/mol. The molecule has 17 heteroatoms. The average molecular weight is 985 g/mol. The highest BCUT2D eigenvalue weighted by molar-refractivity contribution is 7.37. The van der Waals surface area contributed by atoms with Gasteiger partial charge >= 0.3 is 24.7 Å². The molecule has 0 saturated heterocycles. The maximum Gasteiger partial charge on any atom is 0.416 e. The van der Waals surface area contributed by atoms with E-state index in [2.05, 4.69) is 0 Å². The first kappa shape index (κ1) is 42.2. The van der Waals surface area contributed by atoms with Crippen molar-refractivity contribution in [2.75, 3.05) is 0 Å². The van der Waals surface area contributed by atoms with Crippen LogP contribution in [0.25, 0.3) is 102 Å². The second kappa shape index (κ2) is 14.5. The fourth-order valence-electron chi connectivity index (χ4n) is 8.12. The lowest BCUT2D eigenvalue weighted by Gasteiger charge is -2.06. The second-order valence-corrected chi connectivity index (χ2v) is 20.5. The fraction of sp³-hybridized carbons (Fsp3) is 0.0833. The number of hydrogen-bond donors (Lipinski definition) is 0. The molecule has 0 fully saturated rings. The Bertz CT molecular complexity index is 3420. The Balaban J connectivity index is 1.22. The Morgan fingerprint density at radius 1 is 0.246 bits per heavy atom. The van der Waals surface area contributed by atoms with Crippen LogP contribution in [0.15, 0.2) is 121 Å². The smallest absolute Gasteiger partial charge is 0.166 e. The van der Waals surface area contributed by atoms with Gasteiger partial charge in [0.05, 0.1) is 41.1 Å². The molecule has 11 rings (SSSR count). The van der Waals surface area contributed by atoms with E-state index in [0.29, 0.717) is 41.8 Å². The zero-order valence-corrected chi connectivity index (χ0v) is 36.2. The van der Waals surface area contributed by atoms with Gasteiger partial charge in [0.1, 0.15) is 0 Å². The Morgan fingerprint density at radius 2 is 0.462 bits per heavy atom. The summed E-state index contributed by atoms with van der Waals surface area (Å²) in [4.78, 5) is 2.69. The number of alkyl halides is 12. The van der Waals surface area contributed by atoms with E-state index >= 15 is 0 Å². The van der Waals surface area contributed by atoms with Crippen molar-refractivity contribution >= 4 is 117 Å². The molecule has 65 heavy (non-hydrogen) atoms. The van der Waals surface area contributed by atoms with E-state index in [9.17, 15) is 52.7 Å². The highest BCUT2D eigenvalue weighted by Crippen LogP contribution is 2.57. The van der Waals surface area contributed by atoms with Crippen LogP contribution in [0.5, 0.6) is 0 Å². The molecule has 5 aromatic heterocycles. The fourth-order valence-corrected chi connectivity index (χ4v) is 14.7. The Morgan fingerprint density at radius 3 is 0.692 bits per heavy atom. The maximum absolute atomic E-state index is 13.6. The van der Waals surface area contributed by atoms with Crippen molar-refractivity contribution in [1.82, 2.24) is 0 Å². The summed E-state index contributed by atoms with van der Waals surface area (Å²) in [5.74, 6) is 0. The van der Waals surface area contributed by atoms with Crippen molar-refractivity contribution in [3.8, 4) is 41.8 Å². The summed E-state index contributed by atoms with van der Waals surface area (Å²) in [7, 11) is 0. The summed E-state index contributed by atoms with van der Waals surface area (Å²) < 4.78 is 168. The third-order valence-corrected chi connectivity index (χ3v) is 17.6. The van der Waals surface area contributed by atoms with Gasteiger partial charge in [-0.1, -0.05) is 48.5 Å². The Hall–Kier alpha value is -5.46. The van der Waals surface area contributed by atoms with Gasteiger partial charge in [0.15, 0.2) is 0 Å². The predicted molar refractivity (Wildman–Crippen MR) is 243 cm³/mol. The van der Waals surface area contributed by atoms with Gasteiger partial charge in [-0.05, 0) is 95.1 Å². The molecule has 0 bridgehead atoms. The van der Waals surface area contributed by atoms with Crippen molar-refractivity contribution in [2.24, 2.45) is 0 Å². The molecule has 0 atom stereocenters. The summed E-state index contributed by atoms with van der Waals surface area (Å²) >= 11 is 7.01. The largest absolute Gasteiger partial charge is 0.416 e. The van der Waals surface area contributed by atoms with Crippen LogP contribution in [0.4, 0.5) is 52.7 Å². The van der Waals surface area contributed by atoms with Crippen molar-refractivity contribution in [3.05, 3.63) is 144 Å². The Labute approximate surface area is 377 Å². The van der Waals surface area contributed by atoms with E-state index in [1.165, 1.54) is 105 Å². The lowest BCUT2D eigenvalue weighted by Crippen LogP contribution is -2.03. The topological polar surface area (TPSA) is 0 Å². The first-order chi connectivity index (χ1) is 30.7. The molecule has 0 spiro atoms. The second-order valence-electron chi connectivity index (χ2n) is 15.2. The standard InChI is InChI=1S/C48H20F12S5/c49-45(50,51)25-9-1-21(2-10-25)33-17-29-31-19-35(23-5-13-27(14-6-23)47(55,56)57)63-41(31)43-37(39(29)61-33)38-40-30(18-34(62-40)22-3-11-26(12-4-22)46(52,53)54)32-20-36(64-42(32)44(38)65-43)24-7-15-28(16-8-24)48(58,59)60/h1-20H. The minimum absolute atomic E-state index is 0.533. The van der Waals surface area contributed by atoms with Gasteiger partial charge < -0.3 is 0 Å². The number of fused-ring (bicyclic) bond motifs is 13. The summed E-state index contributed by atoms with van der Waals surface area (Å²) in [6, 6.07) is 27.0. The molecule has 11 aromatic rings. The molecule has 0 unspecified atom stereocenters. The summed E-state index contributed by atoms with van der Waals surface area (Å²) in [5, 5.41) is 4.77. The molecule has 0 amide bonds.